The fourth-order valence-electron chi connectivity index (χ4n) is 2.30. The summed E-state index contributed by atoms with van der Waals surface area (Å²) in [4.78, 5) is 22.7. The maximum absolute atomic E-state index is 13.7. The van der Waals surface area contributed by atoms with Crippen LogP contribution in [0.1, 0.15) is 10.4 Å². The zero-order chi connectivity index (χ0) is 19.4. The summed E-state index contributed by atoms with van der Waals surface area (Å²) in [5, 5.41) is 13.5. The Morgan fingerprint density at radius 3 is 2.33 bits per heavy atom. The lowest BCUT2D eigenvalue weighted by Crippen LogP contribution is -2.13. The fourth-order valence-corrected chi connectivity index (χ4v) is 2.30. The van der Waals surface area contributed by atoms with Crippen molar-refractivity contribution in [1.29, 1.82) is 0 Å². The summed E-state index contributed by atoms with van der Waals surface area (Å²) in [5.74, 6) is -1.63. The summed E-state index contributed by atoms with van der Waals surface area (Å²) in [6.07, 6.45) is 0. The number of nitro benzene ring substituents is 1. The number of amides is 1. The van der Waals surface area contributed by atoms with Gasteiger partial charge in [0.15, 0.2) is 0 Å². The van der Waals surface area contributed by atoms with Crippen LogP contribution in [0.25, 0.3) is 0 Å². The molecule has 0 radical (unpaired) electrons. The van der Waals surface area contributed by atoms with E-state index in [0.29, 0.717) is 0 Å². The third-order valence-electron chi connectivity index (χ3n) is 3.53. The molecule has 6 nitrogen and oxygen atoms in total. The van der Waals surface area contributed by atoms with Gasteiger partial charge in [0.1, 0.15) is 23.1 Å². The lowest BCUT2D eigenvalue weighted by molar-refractivity contribution is -0.384. The topological polar surface area (TPSA) is 81.5 Å². The van der Waals surface area contributed by atoms with Crippen molar-refractivity contribution >= 4 is 17.3 Å². The molecular formula is C19H12F2N2O4. The maximum Gasteiger partial charge on any atom is 0.275 e. The summed E-state index contributed by atoms with van der Waals surface area (Å²) >= 11 is 0. The highest BCUT2D eigenvalue weighted by atomic mass is 19.1. The molecule has 0 heterocycles. The number of non-ortho nitro benzene ring substituents is 1. The highest BCUT2D eigenvalue weighted by molar-refractivity contribution is 6.04. The normalized spacial score (nSPS) is 10.3. The van der Waals surface area contributed by atoms with Gasteiger partial charge in [0, 0.05) is 12.1 Å². The van der Waals surface area contributed by atoms with Gasteiger partial charge in [-0.05, 0) is 36.4 Å². The summed E-state index contributed by atoms with van der Waals surface area (Å²) in [5.41, 5.74) is -0.488. The summed E-state index contributed by atoms with van der Waals surface area (Å²) in [6.45, 7) is 0. The van der Waals surface area contributed by atoms with Crippen LogP contribution in [0, 0.1) is 21.7 Å². The van der Waals surface area contributed by atoms with Crippen LogP contribution in [0.3, 0.4) is 0 Å². The minimum Gasteiger partial charge on any atom is -0.457 e. The molecular weight excluding hydrogens is 358 g/mol. The van der Waals surface area contributed by atoms with E-state index in [9.17, 15) is 23.7 Å². The third kappa shape index (κ3) is 4.43. The number of nitrogens with one attached hydrogen (secondary N) is 1. The number of ether oxygens (including phenoxy) is 1. The van der Waals surface area contributed by atoms with Gasteiger partial charge < -0.3 is 10.1 Å². The van der Waals surface area contributed by atoms with E-state index >= 15 is 0 Å². The Morgan fingerprint density at radius 2 is 1.67 bits per heavy atom. The van der Waals surface area contributed by atoms with Crippen molar-refractivity contribution in [3.05, 3.63) is 94.0 Å². The van der Waals surface area contributed by atoms with Gasteiger partial charge in [0.05, 0.1) is 22.2 Å². The molecule has 0 saturated carbocycles. The smallest absolute Gasteiger partial charge is 0.275 e. The molecule has 0 fully saturated rings. The Labute approximate surface area is 152 Å². The minimum absolute atomic E-state index is 0.0505. The molecule has 0 aromatic heterocycles. The molecule has 3 rings (SSSR count). The minimum atomic E-state index is -0.763. The van der Waals surface area contributed by atoms with Gasteiger partial charge in [0.2, 0.25) is 0 Å². The van der Waals surface area contributed by atoms with Gasteiger partial charge in [-0.3, -0.25) is 14.9 Å². The first kappa shape index (κ1) is 18.0. The van der Waals surface area contributed by atoms with Gasteiger partial charge in [-0.15, -0.1) is 0 Å². The molecule has 3 aromatic rings. The maximum atomic E-state index is 13.7. The Bertz CT molecular complexity index is 1010. The molecule has 136 valence electrons. The number of halogens is 2. The van der Waals surface area contributed by atoms with Gasteiger partial charge in [-0.1, -0.05) is 12.1 Å². The van der Waals surface area contributed by atoms with Crippen molar-refractivity contribution in [2.24, 2.45) is 0 Å². The van der Waals surface area contributed by atoms with E-state index in [4.69, 9.17) is 4.74 Å². The first-order valence-electron chi connectivity index (χ1n) is 7.71. The van der Waals surface area contributed by atoms with Crippen LogP contribution in [0.2, 0.25) is 0 Å². The summed E-state index contributed by atoms with van der Waals surface area (Å²) in [7, 11) is 0. The number of carbonyl (C=O) groups is 1. The molecule has 0 aliphatic carbocycles. The monoisotopic (exact) mass is 370 g/mol. The number of nitro groups is 1. The van der Waals surface area contributed by atoms with E-state index in [1.165, 1.54) is 48.5 Å². The van der Waals surface area contributed by atoms with Crippen LogP contribution >= 0.6 is 0 Å². The van der Waals surface area contributed by atoms with E-state index < -0.39 is 22.5 Å². The molecule has 1 N–H and O–H groups in total. The molecule has 0 aliphatic rings. The highest BCUT2D eigenvalue weighted by Crippen LogP contribution is 2.30. The number of benzene rings is 3. The average molecular weight is 370 g/mol. The Hall–Kier alpha value is -3.81. The van der Waals surface area contributed by atoms with Gasteiger partial charge in [-0.2, -0.15) is 0 Å². The van der Waals surface area contributed by atoms with Crippen molar-refractivity contribution < 1.29 is 23.2 Å². The number of hydrogen-bond acceptors (Lipinski definition) is 4. The van der Waals surface area contributed by atoms with Crippen molar-refractivity contribution in [3.63, 3.8) is 0 Å². The molecule has 3 aromatic carbocycles. The highest BCUT2D eigenvalue weighted by Gasteiger charge is 2.15. The lowest BCUT2D eigenvalue weighted by Gasteiger charge is -2.10. The largest absolute Gasteiger partial charge is 0.457 e. The van der Waals surface area contributed by atoms with Gasteiger partial charge in [0.25, 0.3) is 11.6 Å². The fraction of sp³-hybridized carbons (Fsp3) is 0. The molecule has 0 saturated heterocycles. The number of hydrogen-bond donors (Lipinski definition) is 1. The zero-order valence-corrected chi connectivity index (χ0v) is 13.7. The third-order valence-corrected chi connectivity index (χ3v) is 3.53. The van der Waals surface area contributed by atoms with Crippen molar-refractivity contribution in [1.82, 2.24) is 0 Å². The lowest BCUT2D eigenvalue weighted by atomic mass is 10.2. The number of nitrogens with zero attached hydrogens (tertiary/aromatic N) is 1. The number of carbonyl (C=O) groups excluding carboxylic acids is 1. The Balaban J connectivity index is 1.89. The van der Waals surface area contributed by atoms with E-state index in [1.54, 1.807) is 0 Å². The predicted octanol–water partition coefficient (Wildman–Crippen LogP) is 4.92. The van der Waals surface area contributed by atoms with Crippen LogP contribution in [-0.4, -0.2) is 10.8 Å². The zero-order valence-electron chi connectivity index (χ0n) is 13.7. The molecule has 8 heteroatoms. The van der Waals surface area contributed by atoms with Crippen molar-refractivity contribution in [2.45, 2.75) is 0 Å². The average Bonchev–Trinajstić information content (AvgIpc) is 2.63. The van der Waals surface area contributed by atoms with E-state index in [2.05, 4.69) is 5.32 Å². The molecule has 1 amide bonds. The summed E-state index contributed by atoms with van der Waals surface area (Å²) < 4.78 is 32.2. The van der Waals surface area contributed by atoms with E-state index in [1.807, 2.05) is 0 Å². The summed E-state index contributed by atoms with van der Waals surface area (Å²) in [6, 6.07) is 14.0. The predicted molar refractivity (Wildman–Crippen MR) is 93.9 cm³/mol. The number of rotatable bonds is 5. The van der Waals surface area contributed by atoms with Crippen LogP contribution in [-0.2, 0) is 0 Å². The first-order chi connectivity index (χ1) is 12.9. The Morgan fingerprint density at radius 1 is 0.963 bits per heavy atom. The molecule has 27 heavy (non-hydrogen) atoms. The standard InChI is InChI=1S/C19H12F2N2O4/c20-12-5-7-15(8-6-12)27-16-10-13(9-14(11-16)23(25)26)22-19(24)17-3-1-2-4-18(17)21/h1-11H,(H,22,24). The molecule has 0 bridgehead atoms. The Kier molecular flexibility index (Phi) is 5.07. The molecule has 0 spiro atoms. The van der Waals surface area contributed by atoms with Crippen molar-refractivity contribution in [3.8, 4) is 11.5 Å². The van der Waals surface area contributed by atoms with E-state index in [0.717, 1.165) is 18.2 Å². The van der Waals surface area contributed by atoms with Crippen LogP contribution in [0.4, 0.5) is 20.2 Å². The van der Waals surface area contributed by atoms with Crippen molar-refractivity contribution in [2.75, 3.05) is 5.32 Å². The second kappa shape index (κ2) is 7.61. The second-order valence-corrected chi connectivity index (χ2v) is 5.46. The van der Waals surface area contributed by atoms with Crippen LogP contribution in [0.15, 0.2) is 66.7 Å². The SMILES string of the molecule is O=C(Nc1cc(Oc2ccc(F)cc2)cc([N+](=O)[O-])c1)c1ccccc1F. The quantitative estimate of drug-likeness (QED) is 0.511. The van der Waals surface area contributed by atoms with Crippen LogP contribution in [0.5, 0.6) is 11.5 Å². The molecule has 0 atom stereocenters. The molecule has 0 unspecified atom stereocenters. The number of anilines is 1. The van der Waals surface area contributed by atoms with Gasteiger partial charge in [-0.25, -0.2) is 8.78 Å². The second-order valence-electron chi connectivity index (χ2n) is 5.46. The molecule has 0 aliphatic heterocycles. The first-order valence-corrected chi connectivity index (χ1v) is 7.71. The van der Waals surface area contributed by atoms with E-state index in [-0.39, 0.29) is 28.4 Å². The van der Waals surface area contributed by atoms with Gasteiger partial charge >= 0.3 is 0 Å². The van der Waals surface area contributed by atoms with Crippen LogP contribution < -0.4 is 10.1 Å².